The predicted molar refractivity (Wildman–Crippen MR) is 95.8 cm³/mol. The monoisotopic (exact) mass is 340 g/mol. The van der Waals surface area contributed by atoms with Crippen molar-refractivity contribution in [2.24, 2.45) is 4.99 Å². The maximum Gasteiger partial charge on any atom is 0.191 e. The Kier molecular flexibility index (Phi) is 6.78. The molecule has 0 bridgehead atoms. The molecule has 0 aliphatic carbocycles. The fraction of sp³-hybridized carbons (Fsp3) is 0.263. The van der Waals surface area contributed by atoms with Crippen LogP contribution in [0.1, 0.15) is 18.1 Å². The summed E-state index contributed by atoms with van der Waals surface area (Å²) in [5.74, 6) is 0.965. The van der Waals surface area contributed by atoms with Gasteiger partial charge < -0.3 is 15.4 Å². The van der Waals surface area contributed by atoms with E-state index < -0.39 is 0 Å². The van der Waals surface area contributed by atoms with Crippen LogP contribution in [0.25, 0.3) is 0 Å². The zero-order chi connectivity index (χ0) is 18.1. The molecule has 1 atom stereocenters. The van der Waals surface area contributed by atoms with E-state index in [9.17, 15) is 4.39 Å². The van der Waals surface area contributed by atoms with Crippen molar-refractivity contribution in [3.8, 4) is 11.8 Å². The number of nitriles is 1. The van der Waals surface area contributed by atoms with Gasteiger partial charge in [0.1, 0.15) is 17.7 Å². The smallest absolute Gasteiger partial charge is 0.191 e. The van der Waals surface area contributed by atoms with Gasteiger partial charge in [-0.1, -0.05) is 12.1 Å². The number of nitrogens with zero attached hydrogens (tertiary/aromatic N) is 2. The quantitative estimate of drug-likeness (QED) is 0.627. The van der Waals surface area contributed by atoms with E-state index in [0.29, 0.717) is 30.4 Å². The fourth-order valence-corrected chi connectivity index (χ4v) is 2.18. The summed E-state index contributed by atoms with van der Waals surface area (Å²) in [4.78, 5) is 4.16. The third kappa shape index (κ3) is 6.15. The molecule has 0 heterocycles. The van der Waals surface area contributed by atoms with Crippen LogP contribution in [0.15, 0.2) is 53.5 Å². The predicted octanol–water partition coefficient (Wildman–Crippen LogP) is 2.83. The molecule has 0 aromatic heterocycles. The highest BCUT2D eigenvalue weighted by Gasteiger charge is 2.06. The first-order valence-corrected chi connectivity index (χ1v) is 7.96. The topological polar surface area (TPSA) is 69.4 Å². The van der Waals surface area contributed by atoms with Crippen LogP contribution in [0.3, 0.4) is 0 Å². The zero-order valence-corrected chi connectivity index (χ0v) is 14.3. The first-order valence-electron chi connectivity index (χ1n) is 7.96. The second-order valence-electron chi connectivity index (χ2n) is 5.50. The van der Waals surface area contributed by atoms with Crippen LogP contribution in [-0.2, 0) is 6.54 Å². The molecule has 0 fully saturated rings. The number of nitrogens with one attached hydrogen (secondary N) is 2. The molecule has 0 amide bonds. The number of ether oxygens (including phenoxy) is 1. The van der Waals surface area contributed by atoms with Gasteiger partial charge >= 0.3 is 0 Å². The molecule has 0 saturated carbocycles. The molecule has 5 nitrogen and oxygen atoms in total. The Labute approximate surface area is 147 Å². The van der Waals surface area contributed by atoms with Crippen LogP contribution < -0.4 is 15.4 Å². The number of benzene rings is 2. The molecular formula is C19H21FN4O. The molecule has 0 spiro atoms. The van der Waals surface area contributed by atoms with E-state index in [4.69, 9.17) is 10.00 Å². The molecule has 130 valence electrons. The highest BCUT2D eigenvalue weighted by molar-refractivity contribution is 5.79. The summed E-state index contributed by atoms with van der Waals surface area (Å²) in [5, 5.41) is 15.3. The van der Waals surface area contributed by atoms with E-state index in [1.165, 1.54) is 12.1 Å². The van der Waals surface area contributed by atoms with E-state index in [1.54, 1.807) is 25.2 Å². The molecule has 6 heteroatoms. The van der Waals surface area contributed by atoms with Gasteiger partial charge in [0.2, 0.25) is 0 Å². The Morgan fingerprint density at radius 3 is 2.68 bits per heavy atom. The lowest BCUT2D eigenvalue weighted by molar-refractivity contribution is 0.223. The van der Waals surface area contributed by atoms with Crippen molar-refractivity contribution in [2.75, 3.05) is 13.6 Å². The van der Waals surface area contributed by atoms with Gasteiger partial charge in [0, 0.05) is 13.6 Å². The molecule has 25 heavy (non-hydrogen) atoms. The van der Waals surface area contributed by atoms with Gasteiger partial charge in [-0.05, 0) is 48.9 Å². The molecule has 0 radical (unpaired) electrons. The fourth-order valence-electron chi connectivity index (χ4n) is 2.18. The summed E-state index contributed by atoms with van der Waals surface area (Å²) >= 11 is 0. The van der Waals surface area contributed by atoms with Crippen molar-refractivity contribution in [1.29, 1.82) is 5.26 Å². The average molecular weight is 340 g/mol. The summed E-state index contributed by atoms with van der Waals surface area (Å²) in [6, 6.07) is 15.5. The first-order chi connectivity index (χ1) is 12.1. The maximum absolute atomic E-state index is 12.9. The second-order valence-corrected chi connectivity index (χ2v) is 5.50. The molecule has 0 saturated heterocycles. The summed E-state index contributed by atoms with van der Waals surface area (Å²) in [6.07, 6.45) is -0.120. The molecule has 0 aliphatic heterocycles. The van der Waals surface area contributed by atoms with Gasteiger partial charge in [-0.3, -0.25) is 4.99 Å². The molecule has 0 aliphatic rings. The van der Waals surface area contributed by atoms with Crippen LogP contribution in [0.5, 0.6) is 5.75 Å². The van der Waals surface area contributed by atoms with Crippen molar-refractivity contribution in [1.82, 2.24) is 10.6 Å². The Morgan fingerprint density at radius 2 is 2.00 bits per heavy atom. The van der Waals surface area contributed by atoms with Crippen molar-refractivity contribution < 1.29 is 9.13 Å². The van der Waals surface area contributed by atoms with E-state index >= 15 is 0 Å². The Balaban J connectivity index is 1.79. The minimum absolute atomic E-state index is 0.120. The van der Waals surface area contributed by atoms with E-state index in [0.717, 1.165) is 5.56 Å². The number of hydrogen-bond donors (Lipinski definition) is 2. The third-order valence-corrected chi connectivity index (χ3v) is 3.45. The minimum atomic E-state index is -0.289. The largest absolute Gasteiger partial charge is 0.489 e. The van der Waals surface area contributed by atoms with E-state index in [1.807, 2.05) is 25.1 Å². The molecule has 2 aromatic rings. The molecule has 2 N–H and O–H groups in total. The van der Waals surface area contributed by atoms with Crippen molar-refractivity contribution in [3.05, 3.63) is 65.5 Å². The van der Waals surface area contributed by atoms with Gasteiger partial charge in [0.15, 0.2) is 5.96 Å². The zero-order valence-electron chi connectivity index (χ0n) is 14.3. The number of halogens is 1. The van der Waals surface area contributed by atoms with Crippen LogP contribution in [0.2, 0.25) is 0 Å². The molecule has 2 aromatic carbocycles. The third-order valence-electron chi connectivity index (χ3n) is 3.45. The van der Waals surface area contributed by atoms with Crippen molar-refractivity contribution in [3.63, 3.8) is 0 Å². The highest BCUT2D eigenvalue weighted by Crippen LogP contribution is 2.12. The van der Waals surface area contributed by atoms with Gasteiger partial charge in [-0.25, -0.2) is 4.39 Å². The van der Waals surface area contributed by atoms with Crippen LogP contribution >= 0.6 is 0 Å². The molecule has 1 unspecified atom stereocenters. The Hall–Kier alpha value is -3.07. The number of hydrogen-bond acceptors (Lipinski definition) is 3. The van der Waals surface area contributed by atoms with Gasteiger partial charge in [0.25, 0.3) is 0 Å². The van der Waals surface area contributed by atoms with Crippen LogP contribution in [0.4, 0.5) is 4.39 Å². The normalized spacial score (nSPS) is 12.2. The average Bonchev–Trinajstić information content (AvgIpc) is 2.64. The molecular weight excluding hydrogens is 319 g/mol. The summed E-state index contributed by atoms with van der Waals surface area (Å²) in [7, 11) is 1.69. The Morgan fingerprint density at radius 1 is 1.24 bits per heavy atom. The lowest BCUT2D eigenvalue weighted by Crippen LogP contribution is -2.41. The first kappa shape index (κ1) is 18.3. The SMILES string of the molecule is CN=C(NCc1cccc(C#N)c1)NCC(C)Oc1ccc(F)cc1. The van der Waals surface area contributed by atoms with Gasteiger partial charge in [-0.2, -0.15) is 5.26 Å². The summed E-state index contributed by atoms with van der Waals surface area (Å²) in [5.41, 5.74) is 1.63. The van der Waals surface area contributed by atoms with Crippen LogP contribution in [-0.4, -0.2) is 25.7 Å². The van der Waals surface area contributed by atoms with E-state index in [-0.39, 0.29) is 11.9 Å². The number of rotatable bonds is 6. The second kappa shape index (κ2) is 9.28. The Bertz CT molecular complexity index is 753. The lowest BCUT2D eigenvalue weighted by atomic mass is 10.1. The minimum Gasteiger partial charge on any atom is -0.489 e. The van der Waals surface area contributed by atoms with Crippen LogP contribution in [0, 0.1) is 17.1 Å². The number of aliphatic imine (C=N–C) groups is 1. The molecule has 2 rings (SSSR count). The standard InChI is InChI=1S/C19H21FN4O/c1-14(25-18-8-6-17(20)7-9-18)12-23-19(22-2)24-13-16-5-3-4-15(10-16)11-21/h3-10,14H,12-13H2,1-2H3,(H2,22,23,24). The maximum atomic E-state index is 12.9. The summed E-state index contributed by atoms with van der Waals surface area (Å²) < 4.78 is 18.6. The number of guanidine groups is 1. The highest BCUT2D eigenvalue weighted by atomic mass is 19.1. The van der Waals surface area contributed by atoms with E-state index in [2.05, 4.69) is 21.7 Å². The van der Waals surface area contributed by atoms with Gasteiger partial charge in [0.05, 0.1) is 18.2 Å². The van der Waals surface area contributed by atoms with Crippen molar-refractivity contribution in [2.45, 2.75) is 19.6 Å². The lowest BCUT2D eigenvalue weighted by Gasteiger charge is -2.18. The van der Waals surface area contributed by atoms with Gasteiger partial charge in [-0.15, -0.1) is 0 Å². The van der Waals surface area contributed by atoms with Crippen molar-refractivity contribution >= 4 is 5.96 Å². The summed E-state index contributed by atoms with van der Waals surface area (Å²) in [6.45, 7) is 3.01.